The molecule has 2 aliphatic heterocycles. The van der Waals surface area contributed by atoms with Gasteiger partial charge in [0.1, 0.15) is 5.82 Å². The Balaban J connectivity index is 1.70. The van der Waals surface area contributed by atoms with Crippen molar-refractivity contribution in [2.75, 3.05) is 31.1 Å². The van der Waals surface area contributed by atoms with Crippen LogP contribution >= 0.6 is 0 Å². The number of anilines is 1. The van der Waals surface area contributed by atoms with Crippen LogP contribution in [0.1, 0.15) is 44.1 Å². The summed E-state index contributed by atoms with van der Waals surface area (Å²) in [6.45, 7) is 4.00. The number of likely N-dealkylation sites (tertiary alicyclic amines) is 1. The zero-order chi connectivity index (χ0) is 18.4. The van der Waals surface area contributed by atoms with Crippen LogP contribution in [0.4, 0.5) is 5.82 Å². The molecule has 7 nitrogen and oxygen atoms in total. The van der Waals surface area contributed by atoms with Crippen LogP contribution in [0.5, 0.6) is 0 Å². The summed E-state index contributed by atoms with van der Waals surface area (Å²) in [6, 6.07) is 3.96. The van der Waals surface area contributed by atoms with Crippen LogP contribution in [-0.4, -0.2) is 47.9 Å². The number of hydrogen-bond acceptors (Lipinski definition) is 4. The van der Waals surface area contributed by atoms with Crippen LogP contribution in [0, 0.1) is 5.92 Å². The molecular formula is C19H30N6O. The maximum atomic E-state index is 11.6. The Morgan fingerprint density at radius 1 is 1.15 bits per heavy atom. The van der Waals surface area contributed by atoms with Gasteiger partial charge in [-0.15, -0.1) is 0 Å². The van der Waals surface area contributed by atoms with Gasteiger partial charge in [-0.3, -0.25) is 4.79 Å². The monoisotopic (exact) mass is 358 g/mol. The van der Waals surface area contributed by atoms with Crippen molar-refractivity contribution < 1.29 is 4.79 Å². The summed E-state index contributed by atoms with van der Waals surface area (Å²) >= 11 is 0. The molecule has 0 bridgehead atoms. The van der Waals surface area contributed by atoms with Crippen molar-refractivity contribution in [1.82, 2.24) is 9.88 Å². The first kappa shape index (κ1) is 18.5. The predicted molar refractivity (Wildman–Crippen MR) is 104 cm³/mol. The number of primary amides is 1. The number of pyridine rings is 1. The fraction of sp³-hybridized carbons (Fsp3) is 0.632. The summed E-state index contributed by atoms with van der Waals surface area (Å²) in [5.41, 5.74) is 12.8. The molecule has 7 heteroatoms. The fourth-order valence-electron chi connectivity index (χ4n) is 3.81. The third-order valence-corrected chi connectivity index (χ3v) is 5.33. The van der Waals surface area contributed by atoms with Crippen molar-refractivity contribution in [3.8, 4) is 0 Å². The average Bonchev–Trinajstić information content (AvgIpc) is 2.96. The number of nitrogens with two attached hydrogens (primary N) is 2. The zero-order valence-electron chi connectivity index (χ0n) is 15.4. The molecule has 2 fully saturated rings. The molecular weight excluding hydrogens is 328 g/mol. The topological polar surface area (TPSA) is 101 Å². The number of aliphatic imine (C=N–C) groups is 1. The molecule has 2 aliphatic rings. The molecule has 1 atom stereocenters. The molecule has 1 aromatic heterocycles. The smallest absolute Gasteiger partial charge is 0.222 e. The van der Waals surface area contributed by atoms with Gasteiger partial charge in [-0.1, -0.05) is 18.9 Å². The Bertz CT molecular complexity index is 639. The van der Waals surface area contributed by atoms with Gasteiger partial charge in [-0.2, -0.15) is 0 Å². The number of hydrogen-bond donors (Lipinski definition) is 2. The van der Waals surface area contributed by atoms with Crippen LogP contribution in [0.15, 0.2) is 23.3 Å². The van der Waals surface area contributed by atoms with Crippen molar-refractivity contribution in [3.05, 3.63) is 23.9 Å². The molecule has 142 valence electrons. The quantitative estimate of drug-likeness (QED) is 0.627. The van der Waals surface area contributed by atoms with Crippen LogP contribution in [-0.2, 0) is 11.3 Å². The Morgan fingerprint density at radius 3 is 2.65 bits per heavy atom. The second-order valence-electron chi connectivity index (χ2n) is 7.25. The standard InChI is InChI=1S/C19H30N6O/c20-17(26)16-8-6-12-25(14-16)18-15(7-5-9-22-18)13-23-19(21)24-10-3-1-2-4-11-24/h5,7,9,16H,1-4,6,8,10-14H2,(H2,20,26)(H2,21,23). The van der Waals surface area contributed by atoms with Gasteiger partial charge in [0.05, 0.1) is 12.5 Å². The van der Waals surface area contributed by atoms with E-state index >= 15 is 0 Å². The Labute approximate surface area is 155 Å². The average molecular weight is 358 g/mol. The second-order valence-corrected chi connectivity index (χ2v) is 7.25. The molecule has 0 radical (unpaired) electrons. The van der Waals surface area contributed by atoms with E-state index in [1.807, 2.05) is 12.1 Å². The van der Waals surface area contributed by atoms with Crippen molar-refractivity contribution >= 4 is 17.7 Å². The summed E-state index contributed by atoms with van der Waals surface area (Å²) < 4.78 is 0. The van der Waals surface area contributed by atoms with Gasteiger partial charge in [-0.05, 0) is 31.7 Å². The number of piperidine rings is 1. The number of aromatic nitrogens is 1. The van der Waals surface area contributed by atoms with E-state index in [1.165, 1.54) is 25.7 Å². The predicted octanol–water partition coefficient (Wildman–Crippen LogP) is 1.47. The zero-order valence-corrected chi connectivity index (χ0v) is 15.4. The Morgan fingerprint density at radius 2 is 1.92 bits per heavy atom. The summed E-state index contributed by atoms with van der Waals surface area (Å²) in [5.74, 6) is 1.18. The van der Waals surface area contributed by atoms with Crippen molar-refractivity contribution in [3.63, 3.8) is 0 Å². The fourth-order valence-corrected chi connectivity index (χ4v) is 3.81. The van der Waals surface area contributed by atoms with E-state index in [-0.39, 0.29) is 11.8 Å². The van der Waals surface area contributed by atoms with Gasteiger partial charge >= 0.3 is 0 Å². The maximum absolute atomic E-state index is 11.6. The molecule has 4 N–H and O–H groups in total. The van der Waals surface area contributed by atoms with E-state index in [4.69, 9.17) is 11.5 Å². The van der Waals surface area contributed by atoms with Gasteiger partial charge < -0.3 is 21.3 Å². The summed E-state index contributed by atoms with van der Waals surface area (Å²) in [4.78, 5) is 25.1. The molecule has 3 heterocycles. The highest BCUT2D eigenvalue weighted by Gasteiger charge is 2.26. The van der Waals surface area contributed by atoms with Gasteiger partial charge in [0, 0.05) is 37.9 Å². The van der Waals surface area contributed by atoms with Crippen LogP contribution < -0.4 is 16.4 Å². The first-order valence-electron chi connectivity index (χ1n) is 9.68. The first-order valence-corrected chi connectivity index (χ1v) is 9.68. The normalized spacial score (nSPS) is 22.2. The molecule has 3 rings (SSSR count). The lowest BCUT2D eigenvalue weighted by Gasteiger charge is -2.33. The number of carbonyl (C=O) groups is 1. The van der Waals surface area contributed by atoms with E-state index in [1.54, 1.807) is 6.20 Å². The number of rotatable bonds is 4. The lowest BCUT2D eigenvalue weighted by atomic mass is 9.97. The molecule has 0 aliphatic carbocycles. The SMILES string of the molecule is NC(=O)C1CCCN(c2ncccc2CN=C(N)N2CCCCCC2)C1. The van der Waals surface area contributed by atoms with Crippen LogP contribution in [0.25, 0.3) is 0 Å². The molecule has 1 aromatic rings. The third-order valence-electron chi connectivity index (χ3n) is 5.33. The van der Waals surface area contributed by atoms with E-state index < -0.39 is 0 Å². The molecule has 1 amide bonds. The summed E-state index contributed by atoms with van der Waals surface area (Å²) in [7, 11) is 0. The highest BCUT2D eigenvalue weighted by Crippen LogP contribution is 2.25. The van der Waals surface area contributed by atoms with Gasteiger partial charge in [0.2, 0.25) is 5.91 Å². The maximum Gasteiger partial charge on any atom is 0.222 e. The number of guanidine groups is 1. The number of carbonyl (C=O) groups excluding carboxylic acids is 1. The molecule has 0 spiro atoms. The van der Waals surface area contributed by atoms with Gasteiger partial charge in [0.15, 0.2) is 5.96 Å². The Hall–Kier alpha value is -2.31. The lowest BCUT2D eigenvalue weighted by molar-refractivity contribution is -0.122. The molecule has 26 heavy (non-hydrogen) atoms. The Kier molecular flexibility index (Phi) is 6.30. The third kappa shape index (κ3) is 4.65. The summed E-state index contributed by atoms with van der Waals surface area (Å²) in [6.07, 6.45) is 8.48. The van der Waals surface area contributed by atoms with E-state index in [0.29, 0.717) is 19.0 Å². The highest BCUT2D eigenvalue weighted by molar-refractivity contribution is 5.78. The van der Waals surface area contributed by atoms with Gasteiger partial charge in [-0.25, -0.2) is 9.98 Å². The van der Waals surface area contributed by atoms with E-state index in [2.05, 4.69) is 19.8 Å². The molecule has 0 saturated carbocycles. The number of nitrogens with zero attached hydrogens (tertiary/aromatic N) is 4. The number of amides is 1. The van der Waals surface area contributed by atoms with Crippen LogP contribution in [0.3, 0.4) is 0 Å². The minimum atomic E-state index is -0.226. The minimum Gasteiger partial charge on any atom is -0.370 e. The van der Waals surface area contributed by atoms with Crippen molar-refractivity contribution in [1.29, 1.82) is 0 Å². The van der Waals surface area contributed by atoms with E-state index in [0.717, 1.165) is 43.9 Å². The van der Waals surface area contributed by atoms with Crippen molar-refractivity contribution in [2.24, 2.45) is 22.4 Å². The first-order chi connectivity index (χ1) is 12.6. The van der Waals surface area contributed by atoms with Crippen LogP contribution in [0.2, 0.25) is 0 Å². The van der Waals surface area contributed by atoms with Crippen molar-refractivity contribution in [2.45, 2.75) is 45.1 Å². The molecule has 1 unspecified atom stereocenters. The highest BCUT2D eigenvalue weighted by atomic mass is 16.1. The minimum absolute atomic E-state index is 0.107. The summed E-state index contributed by atoms with van der Waals surface area (Å²) in [5, 5.41) is 0. The molecule has 2 saturated heterocycles. The van der Waals surface area contributed by atoms with E-state index in [9.17, 15) is 4.79 Å². The molecule has 0 aromatic carbocycles. The largest absolute Gasteiger partial charge is 0.370 e. The lowest BCUT2D eigenvalue weighted by Crippen LogP contribution is -2.42. The second kappa shape index (κ2) is 8.87. The van der Waals surface area contributed by atoms with Gasteiger partial charge in [0.25, 0.3) is 0 Å².